The Balaban J connectivity index is 1.72. The summed E-state index contributed by atoms with van der Waals surface area (Å²) in [7, 11) is -3.32. The molecule has 3 rings (SSSR count). The molecule has 0 N–H and O–H groups in total. The Morgan fingerprint density at radius 3 is 2.68 bits per heavy atom. The minimum absolute atomic E-state index is 0.0484. The summed E-state index contributed by atoms with van der Waals surface area (Å²) in [5.41, 5.74) is 0. The monoisotopic (exact) mass is 326 g/mol. The summed E-state index contributed by atoms with van der Waals surface area (Å²) in [6, 6.07) is -0.287. The lowest BCUT2D eigenvalue weighted by molar-refractivity contribution is -0.136. The molecule has 0 spiro atoms. The Kier molecular flexibility index (Phi) is 4.22. The van der Waals surface area contributed by atoms with Gasteiger partial charge < -0.3 is 9.47 Å². The molecular weight excluding hydrogens is 304 g/mol. The first-order valence-electron chi connectivity index (χ1n) is 7.70. The molecule has 0 aliphatic carbocycles. The first kappa shape index (κ1) is 15.5. The minimum atomic E-state index is -3.32. The van der Waals surface area contributed by atoms with Crippen LogP contribution in [0.4, 0.5) is 0 Å². The number of aromatic nitrogens is 2. The number of piperidine rings is 1. The second-order valence-electron chi connectivity index (χ2n) is 6.12. The summed E-state index contributed by atoms with van der Waals surface area (Å²) in [5.74, 6) is -0.0484. The number of nitrogens with zero attached hydrogens (tertiary/aromatic N) is 4. The smallest absolute Gasteiger partial charge is 0.241 e. The minimum Gasteiger partial charge on any atom is -0.339 e. The lowest BCUT2D eigenvalue weighted by Gasteiger charge is -2.36. The number of carbonyl (C=O) groups is 1. The molecule has 0 aromatic carbocycles. The van der Waals surface area contributed by atoms with Crippen molar-refractivity contribution >= 4 is 15.9 Å². The van der Waals surface area contributed by atoms with Crippen molar-refractivity contribution in [1.82, 2.24) is 18.8 Å². The standard InChI is InChI=1S/C14H22N4O3S/c1-22(20,21)18-8-3-5-13(18)14(19)16-7-2-4-12(10-16)17-9-6-15-11-17/h6,9,11-13H,2-5,7-8,10H2,1H3/t12-,13+/m1/s1. The second kappa shape index (κ2) is 6.00. The third kappa shape index (κ3) is 3.03. The quantitative estimate of drug-likeness (QED) is 0.809. The summed E-state index contributed by atoms with van der Waals surface area (Å²) in [4.78, 5) is 18.7. The predicted molar refractivity (Wildman–Crippen MR) is 81.6 cm³/mol. The van der Waals surface area contributed by atoms with Crippen LogP contribution in [0.25, 0.3) is 0 Å². The molecule has 2 fully saturated rings. The van der Waals surface area contributed by atoms with Crippen LogP contribution in [0.3, 0.4) is 0 Å². The molecule has 2 aliphatic heterocycles. The first-order chi connectivity index (χ1) is 10.5. The first-order valence-corrected chi connectivity index (χ1v) is 9.54. The number of imidazole rings is 1. The van der Waals surface area contributed by atoms with E-state index in [0.717, 1.165) is 19.3 Å². The lowest BCUT2D eigenvalue weighted by atomic mass is 10.0. The third-order valence-electron chi connectivity index (χ3n) is 4.57. The molecule has 0 saturated carbocycles. The van der Waals surface area contributed by atoms with Crippen LogP contribution in [0.15, 0.2) is 18.7 Å². The van der Waals surface area contributed by atoms with Gasteiger partial charge in [-0.3, -0.25) is 4.79 Å². The summed E-state index contributed by atoms with van der Waals surface area (Å²) in [6.45, 7) is 1.79. The molecule has 8 heteroatoms. The largest absolute Gasteiger partial charge is 0.339 e. The van der Waals surface area contributed by atoms with Crippen molar-refractivity contribution in [3.8, 4) is 0 Å². The molecule has 0 unspecified atom stereocenters. The van der Waals surface area contributed by atoms with Gasteiger partial charge in [0.25, 0.3) is 0 Å². The van der Waals surface area contributed by atoms with E-state index in [4.69, 9.17) is 0 Å². The van der Waals surface area contributed by atoms with Crippen LogP contribution >= 0.6 is 0 Å². The average Bonchev–Trinajstić information content (AvgIpc) is 3.17. The van der Waals surface area contributed by atoms with Crippen LogP contribution in [-0.2, 0) is 14.8 Å². The van der Waals surface area contributed by atoms with Gasteiger partial charge in [-0.25, -0.2) is 13.4 Å². The predicted octanol–water partition coefficient (Wildman–Crippen LogP) is 0.471. The van der Waals surface area contributed by atoms with Crippen LogP contribution in [0.5, 0.6) is 0 Å². The van der Waals surface area contributed by atoms with Crippen molar-refractivity contribution in [1.29, 1.82) is 0 Å². The Labute approximate surface area is 131 Å². The molecule has 0 bridgehead atoms. The van der Waals surface area contributed by atoms with Crippen molar-refractivity contribution in [2.24, 2.45) is 0 Å². The SMILES string of the molecule is CS(=O)(=O)N1CCC[C@H]1C(=O)N1CCC[C@@H](n2ccnc2)C1. The van der Waals surface area contributed by atoms with E-state index in [0.29, 0.717) is 26.1 Å². The number of amides is 1. The molecule has 3 heterocycles. The molecule has 1 aromatic rings. The normalized spacial score (nSPS) is 27.2. The lowest BCUT2D eigenvalue weighted by Crippen LogP contribution is -2.50. The zero-order valence-corrected chi connectivity index (χ0v) is 13.6. The van der Waals surface area contributed by atoms with Crippen molar-refractivity contribution in [2.45, 2.75) is 37.8 Å². The van der Waals surface area contributed by atoms with E-state index in [1.807, 2.05) is 15.7 Å². The van der Waals surface area contributed by atoms with E-state index in [-0.39, 0.29) is 11.9 Å². The van der Waals surface area contributed by atoms with Gasteiger partial charge in [-0.15, -0.1) is 0 Å². The highest BCUT2D eigenvalue weighted by atomic mass is 32.2. The Hall–Kier alpha value is -1.41. The van der Waals surface area contributed by atoms with Gasteiger partial charge in [0, 0.05) is 32.0 Å². The van der Waals surface area contributed by atoms with Crippen molar-refractivity contribution < 1.29 is 13.2 Å². The molecule has 7 nitrogen and oxygen atoms in total. The molecule has 2 atom stereocenters. The molecule has 22 heavy (non-hydrogen) atoms. The van der Waals surface area contributed by atoms with Gasteiger partial charge in [-0.1, -0.05) is 0 Å². The van der Waals surface area contributed by atoms with Crippen molar-refractivity contribution in [3.05, 3.63) is 18.7 Å². The van der Waals surface area contributed by atoms with E-state index in [2.05, 4.69) is 4.98 Å². The van der Waals surface area contributed by atoms with Gasteiger partial charge in [0.05, 0.1) is 18.6 Å². The van der Waals surface area contributed by atoms with Crippen LogP contribution in [-0.4, -0.2) is 65.0 Å². The maximum Gasteiger partial charge on any atom is 0.241 e. The number of hydrogen-bond donors (Lipinski definition) is 0. The summed E-state index contributed by atoms with van der Waals surface area (Å²) in [5, 5.41) is 0. The van der Waals surface area contributed by atoms with Gasteiger partial charge in [0.2, 0.25) is 15.9 Å². The highest BCUT2D eigenvalue weighted by molar-refractivity contribution is 7.88. The molecule has 0 radical (unpaired) electrons. The van der Waals surface area contributed by atoms with Crippen LogP contribution in [0, 0.1) is 0 Å². The molecule has 1 aromatic heterocycles. The van der Waals surface area contributed by atoms with E-state index in [9.17, 15) is 13.2 Å². The third-order valence-corrected chi connectivity index (χ3v) is 5.86. The zero-order chi connectivity index (χ0) is 15.7. The highest BCUT2D eigenvalue weighted by Gasteiger charge is 2.39. The van der Waals surface area contributed by atoms with E-state index < -0.39 is 16.1 Å². The molecule has 2 aliphatic rings. The van der Waals surface area contributed by atoms with Crippen LogP contribution < -0.4 is 0 Å². The highest BCUT2D eigenvalue weighted by Crippen LogP contribution is 2.26. The van der Waals surface area contributed by atoms with Gasteiger partial charge in [-0.2, -0.15) is 4.31 Å². The van der Waals surface area contributed by atoms with Gasteiger partial charge in [0.1, 0.15) is 6.04 Å². The summed E-state index contributed by atoms with van der Waals surface area (Å²) >= 11 is 0. The van der Waals surface area contributed by atoms with Crippen molar-refractivity contribution in [2.75, 3.05) is 25.9 Å². The molecule has 122 valence electrons. The fourth-order valence-electron chi connectivity index (χ4n) is 3.48. The topological polar surface area (TPSA) is 75.5 Å². The zero-order valence-electron chi connectivity index (χ0n) is 12.8. The van der Waals surface area contributed by atoms with E-state index in [1.54, 1.807) is 12.5 Å². The molecular formula is C14H22N4O3S. The van der Waals surface area contributed by atoms with Gasteiger partial charge in [-0.05, 0) is 25.7 Å². The number of hydrogen-bond acceptors (Lipinski definition) is 4. The number of rotatable bonds is 3. The number of sulfonamides is 1. The number of carbonyl (C=O) groups excluding carboxylic acids is 1. The fourth-order valence-corrected chi connectivity index (χ4v) is 4.60. The van der Waals surface area contributed by atoms with Gasteiger partial charge in [0.15, 0.2) is 0 Å². The Morgan fingerprint density at radius 1 is 1.23 bits per heavy atom. The summed E-state index contributed by atoms with van der Waals surface area (Å²) in [6.07, 6.45) is 9.93. The maximum absolute atomic E-state index is 12.8. The Morgan fingerprint density at radius 2 is 2.00 bits per heavy atom. The second-order valence-corrected chi connectivity index (χ2v) is 8.06. The van der Waals surface area contributed by atoms with E-state index in [1.165, 1.54) is 10.6 Å². The Bertz CT molecular complexity index is 629. The average molecular weight is 326 g/mol. The van der Waals surface area contributed by atoms with Gasteiger partial charge >= 0.3 is 0 Å². The number of likely N-dealkylation sites (tertiary alicyclic amines) is 1. The maximum atomic E-state index is 12.8. The van der Waals surface area contributed by atoms with Crippen LogP contribution in [0.2, 0.25) is 0 Å². The van der Waals surface area contributed by atoms with Crippen molar-refractivity contribution in [3.63, 3.8) is 0 Å². The molecule has 2 saturated heterocycles. The van der Waals surface area contributed by atoms with Crippen LogP contribution in [0.1, 0.15) is 31.7 Å². The summed E-state index contributed by atoms with van der Waals surface area (Å²) < 4.78 is 27.0. The molecule has 1 amide bonds. The fraction of sp³-hybridized carbons (Fsp3) is 0.714. The van der Waals surface area contributed by atoms with E-state index >= 15 is 0 Å².